The summed E-state index contributed by atoms with van der Waals surface area (Å²) in [6, 6.07) is 7.74. The molecule has 0 bridgehead atoms. The highest BCUT2D eigenvalue weighted by Crippen LogP contribution is 2.24. The van der Waals surface area contributed by atoms with Crippen LogP contribution < -0.4 is 0 Å². The minimum absolute atomic E-state index is 0.741. The van der Waals surface area contributed by atoms with Crippen molar-refractivity contribution in [1.82, 2.24) is 15.0 Å². The lowest BCUT2D eigenvalue weighted by atomic mass is 10.2. The van der Waals surface area contributed by atoms with Gasteiger partial charge in [0.2, 0.25) is 0 Å². The maximum atomic E-state index is 6.08. The lowest BCUT2D eigenvalue weighted by molar-refractivity contribution is 1.28. The van der Waals surface area contributed by atoms with Crippen LogP contribution >= 0.6 is 11.6 Å². The number of nitrogens with zero attached hydrogens (tertiary/aromatic N) is 2. The molecule has 0 atom stereocenters. The van der Waals surface area contributed by atoms with Crippen molar-refractivity contribution in [2.45, 2.75) is 6.92 Å². The summed E-state index contributed by atoms with van der Waals surface area (Å²) in [7, 11) is 0. The van der Waals surface area contributed by atoms with E-state index in [1.807, 2.05) is 31.2 Å². The van der Waals surface area contributed by atoms with Gasteiger partial charge >= 0.3 is 0 Å². The third kappa shape index (κ3) is 1.78. The van der Waals surface area contributed by atoms with Gasteiger partial charge in [0.25, 0.3) is 0 Å². The standard InChI is InChI=1S/C13H10ClN3/c1-8-6-11-12(7-10(8)14)17-13(16-11)9-2-4-15-5-3-9/h2-7H,1H3,(H,16,17). The number of aromatic amines is 1. The maximum absolute atomic E-state index is 6.08. The molecule has 1 N–H and O–H groups in total. The van der Waals surface area contributed by atoms with Gasteiger partial charge in [0.15, 0.2) is 0 Å². The molecule has 0 aliphatic carbocycles. The van der Waals surface area contributed by atoms with Gasteiger partial charge in [-0.05, 0) is 36.8 Å². The zero-order valence-electron chi connectivity index (χ0n) is 9.24. The van der Waals surface area contributed by atoms with Gasteiger partial charge in [0.1, 0.15) is 5.82 Å². The molecule has 3 aromatic rings. The van der Waals surface area contributed by atoms with E-state index in [0.29, 0.717) is 0 Å². The smallest absolute Gasteiger partial charge is 0.138 e. The number of hydrogen-bond acceptors (Lipinski definition) is 2. The van der Waals surface area contributed by atoms with Crippen LogP contribution in [-0.2, 0) is 0 Å². The lowest BCUT2D eigenvalue weighted by Gasteiger charge is -1.95. The number of nitrogens with one attached hydrogen (secondary N) is 1. The predicted octanol–water partition coefficient (Wildman–Crippen LogP) is 3.59. The monoisotopic (exact) mass is 243 g/mol. The highest BCUT2D eigenvalue weighted by Gasteiger charge is 2.06. The first-order valence-corrected chi connectivity index (χ1v) is 5.68. The van der Waals surface area contributed by atoms with Gasteiger partial charge in [-0.3, -0.25) is 4.98 Å². The third-order valence-corrected chi connectivity index (χ3v) is 3.12. The van der Waals surface area contributed by atoms with Gasteiger partial charge in [-0.25, -0.2) is 4.98 Å². The Morgan fingerprint density at radius 1 is 1.18 bits per heavy atom. The summed E-state index contributed by atoms with van der Waals surface area (Å²) < 4.78 is 0. The van der Waals surface area contributed by atoms with Crippen LogP contribution in [0.3, 0.4) is 0 Å². The van der Waals surface area contributed by atoms with Crippen LogP contribution in [0, 0.1) is 6.92 Å². The number of aromatic nitrogens is 3. The Bertz CT molecular complexity index is 635. The topological polar surface area (TPSA) is 41.6 Å². The summed E-state index contributed by atoms with van der Waals surface area (Å²) in [5.74, 6) is 0.837. The van der Waals surface area contributed by atoms with Crippen LogP contribution in [0.5, 0.6) is 0 Å². The molecule has 84 valence electrons. The summed E-state index contributed by atoms with van der Waals surface area (Å²) in [4.78, 5) is 11.8. The highest BCUT2D eigenvalue weighted by atomic mass is 35.5. The van der Waals surface area contributed by atoms with E-state index >= 15 is 0 Å². The fourth-order valence-electron chi connectivity index (χ4n) is 1.79. The van der Waals surface area contributed by atoms with Gasteiger partial charge in [0, 0.05) is 23.0 Å². The minimum atomic E-state index is 0.741. The number of pyridine rings is 1. The Morgan fingerprint density at radius 2 is 1.94 bits per heavy atom. The van der Waals surface area contributed by atoms with Crippen molar-refractivity contribution in [3.05, 3.63) is 47.2 Å². The second-order valence-electron chi connectivity index (χ2n) is 3.94. The van der Waals surface area contributed by atoms with Gasteiger partial charge in [0.05, 0.1) is 11.0 Å². The molecule has 2 aromatic heterocycles. The number of aryl methyl sites for hydroxylation is 1. The van der Waals surface area contributed by atoms with Crippen LogP contribution in [0.2, 0.25) is 5.02 Å². The van der Waals surface area contributed by atoms with Crippen LogP contribution in [0.25, 0.3) is 22.4 Å². The van der Waals surface area contributed by atoms with Gasteiger partial charge in [-0.1, -0.05) is 11.6 Å². The second-order valence-corrected chi connectivity index (χ2v) is 4.35. The van der Waals surface area contributed by atoms with E-state index < -0.39 is 0 Å². The fraction of sp³-hybridized carbons (Fsp3) is 0.0769. The summed E-state index contributed by atoms with van der Waals surface area (Å²) in [5.41, 5.74) is 3.94. The van der Waals surface area contributed by atoms with Crippen molar-refractivity contribution < 1.29 is 0 Å². The molecule has 0 aliphatic rings. The molecular formula is C13H10ClN3. The second kappa shape index (κ2) is 3.86. The van der Waals surface area contributed by atoms with Crippen molar-refractivity contribution in [3.8, 4) is 11.4 Å². The maximum Gasteiger partial charge on any atom is 0.138 e. The zero-order valence-corrected chi connectivity index (χ0v) is 9.99. The molecule has 0 saturated heterocycles. The summed E-state index contributed by atoms with van der Waals surface area (Å²) >= 11 is 6.08. The van der Waals surface area contributed by atoms with Crippen LogP contribution in [0.15, 0.2) is 36.7 Å². The first-order valence-electron chi connectivity index (χ1n) is 5.30. The van der Waals surface area contributed by atoms with Crippen LogP contribution in [-0.4, -0.2) is 15.0 Å². The number of fused-ring (bicyclic) bond motifs is 1. The molecule has 2 heterocycles. The van der Waals surface area contributed by atoms with E-state index in [1.165, 1.54) is 0 Å². The van der Waals surface area contributed by atoms with Gasteiger partial charge < -0.3 is 4.98 Å². The number of benzene rings is 1. The average Bonchev–Trinajstić information content (AvgIpc) is 2.74. The van der Waals surface area contributed by atoms with Gasteiger partial charge in [-0.2, -0.15) is 0 Å². The molecule has 3 nitrogen and oxygen atoms in total. The lowest BCUT2D eigenvalue weighted by Crippen LogP contribution is -1.79. The summed E-state index contributed by atoms with van der Waals surface area (Å²) in [6.07, 6.45) is 3.50. The normalized spacial score (nSPS) is 10.9. The third-order valence-electron chi connectivity index (χ3n) is 2.72. The molecule has 0 spiro atoms. The molecule has 17 heavy (non-hydrogen) atoms. The molecule has 0 fully saturated rings. The molecule has 4 heteroatoms. The van der Waals surface area contributed by atoms with Crippen molar-refractivity contribution in [3.63, 3.8) is 0 Å². The predicted molar refractivity (Wildman–Crippen MR) is 69.1 cm³/mol. The van der Waals surface area contributed by atoms with Crippen molar-refractivity contribution in [2.24, 2.45) is 0 Å². The summed E-state index contributed by atoms with van der Waals surface area (Å²) in [5, 5.41) is 0.741. The van der Waals surface area contributed by atoms with E-state index in [2.05, 4.69) is 15.0 Å². The summed E-state index contributed by atoms with van der Waals surface area (Å²) in [6.45, 7) is 1.98. The Morgan fingerprint density at radius 3 is 2.71 bits per heavy atom. The molecule has 0 radical (unpaired) electrons. The number of H-pyrrole nitrogens is 1. The number of imidazole rings is 1. The Balaban J connectivity index is 2.21. The van der Waals surface area contributed by atoms with Crippen LogP contribution in [0.1, 0.15) is 5.56 Å². The first kappa shape index (κ1) is 10.3. The Hall–Kier alpha value is -1.87. The molecular weight excluding hydrogens is 234 g/mol. The minimum Gasteiger partial charge on any atom is -0.338 e. The first-order chi connectivity index (χ1) is 8.24. The van der Waals surface area contributed by atoms with Crippen LogP contribution in [0.4, 0.5) is 0 Å². The quantitative estimate of drug-likeness (QED) is 0.710. The molecule has 0 aliphatic heterocycles. The molecule has 1 aromatic carbocycles. The molecule has 0 amide bonds. The SMILES string of the molecule is Cc1cc2[nH]c(-c3ccncc3)nc2cc1Cl. The highest BCUT2D eigenvalue weighted by molar-refractivity contribution is 6.32. The average molecular weight is 244 g/mol. The molecule has 0 saturated carbocycles. The number of rotatable bonds is 1. The van der Waals surface area contributed by atoms with E-state index in [1.54, 1.807) is 12.4 Å². The molecule has 0 unspecified atom stereocenters. The Kier molecular flexibility index (Phi) is 2.34. The van der Waals surface area contributed by atoms with Crippen molar-refractivity contribution >= 4 is 22.6 Å². The number of halogens is 1. The Labute approximate surface area is 103 Å². The van der Waals surface area contributed by atoms with E-state index in [4.69, 9.17) is 11.6 Å². The van der Waals surface area contributed by atoms with E-state index in [9.17, 15) is 0 Å². The van der Waals surface area contributed by atoms with Crippen molar-refractivity contribution in [1.29, 1.82) is 0 Å². The van der Waals surface area contributed by atoms with Gasteiger partial charge in [-0.15, -0.1) is 0 Å². The number of hydrogen-bond donors (Lipinski definition) is 1. The fourth-order valence-corrected chi connectivity index (χ4v) is 1.94. The van der Waals surface area contributed by atoms with E-state index in [0.717, 1.165) is 33.0 Å². The largest absolute Gasteiger partial charge is 0.338 e. The molecule has 3 rings (SSSR count). The van der Waals surface area contributed by atoms with E-state index in [-0.39, 0.29) is 0 Å². The van der Waals surface area contributed by atoms with Crippen molar-refractivity contribution in [2.75, 3.05) is 0 Å². The zero-order chi connectivity index (χ0) is 11.8.